The number of nitrogens with one attached hydrogen (secondary N) is 2. The maximum Gasteiger partial charge on any atom is 0.433 e. The first-order chi connectivity index (χ1) is 15.3. The zero-order valence-corrected chi connectivity index (χ0v) is 16.6. The van der Waals surface area contributed by atoms with Gasteiger partial charge in [0.15, 0.2) is 0 Å². The molecule has 5 rings (SSSR count). The molecule has 0 aliphatic heterocycles. The number of nitrogens with zero attached hydrogens (tertiary/aromatic N) is 3. The van der Waals surface area contributed by atoms with Crippen LogP contribution in [0.4, 0.5) is 35.0 Å². The second-order valence-electron chi connectivity index (χ2n) is 7.57. The van der Waals surface area contributed by atoms with Crippen LogP contribution in [0.1, 0.15) is 29.3 Å². The van der Waals surface area contributed by atoms with Gasteiger partial charge in [0.05, 0.1) is 11.6 Å². The van der Waals surface area contributed by atoms with Crippen LogP contribution < -0.4 is 10.6 Å². The van der Waals surface area contributed by atoms with Crippen molar-refractivity contribution in [2.75, 3.05) is 10.6 Å². The van der Waals surface area contributed by atoms with Crippen LogP contribution in [0, 0.1) is 5.82 Å². The van der Waals surface area contributed by atoms with E-state index in [0.717, 1.165) is 47.1 Å². The molecule has 0 radical (unpaired) electrons. The van der Waals surface area contributed by atoms with E-state index in [2.05, 4.69) is 25.6 Å². The van der Waals surface area contributed by atoms with Crippen molar-refractivity contribution in [1.82, 2.24) is 15.0 Å². The quantitative estimate of drug-likeness (QED) is 0.381. The van der Waals surface area contributed by atoms with E-state index in [-0.39, 0.29) is 17.8 Å². The third-order valence-electron chi connectivity index (χ3n) is 5.40. The van der Waals surface area contributed by atoms with Crippen LogP contribution >= 0.6 is 0 Å². The van der Waals surface area contributed by atoms with Crippen molar-refractivity contribution in [3.63, 3.8) is 0 Å². The van der Waals surface area contributed by atoms with Gasteiger partial charge in [-0.25, -0.2) is 19.3 Å². The molecule has 5 nitrogen and oxygen atoms in total. The van der Waals surface area contributed by atoms with Crippen LogP contribution in [0.25, 0.3) is 10.9 Å². The van der Waals surface area contributed by atoms with E-state index in [4.69, 9.17) is 0 Å². The van der Waals surface area contributed by atoms with Gasteiger partial charge < -0.3 is 10.6 Å². The molecule has 1 aliphatic rings. The molecule has 0 fully saturated rings. The summed E-state index contributed by atoms with van der Waals surface area (Å²) in [4.78, 5) is 12.0. The van der Waals surface area contributed by atoms with Crippen molar-refractivity contribution in [2.45, 2.75) is 25.1 Å². The van der Waals surface area contributed by atoms with E-state index in [1.807, 2.05) is 18.2 Å². The minimum Gasteiger partial charge on any atom is -0.363 e. The number of benzene rings is 2. The van der Waals surface area contributed by atoms with Crippen molar-refractivity contribution in [1.29, 1.82) is 0 Å². The molecule has 0 amide bonds. The minimum absolute atomic E-state index is 0.0644. The highest BCUT2D eigenvalue weighted by atomic mass is 19.4. The van der Waals surface area contributed by atoms with Gasteiger partial charge in [-0.1, -0.05) is 6.07 Å². The topological polar surface area (TPSA) is 62.7 Å². The number of aromatic nitrogens is 3. The normalized spacial score (nSPS) is 15.6. The van der Waals surface area contributed by atoms with Crippen molar-refractivity contribution in [3.8, 4) is 0 Å². The molecule has 0 bridgehead atoms. The number of fused-ring (bicyclic) bond motifs is 2. The zero-order valence-electron chi connectivity index (χ0n) is 16.6. The van der Waals surface area contributed by atoms with Gasteiger partial charge in [0.2, 0.25) is 5.95 Å². The highest BCUT2D eigenvalue weighted by Crippen LogP contribution is 2.34. The molecular formula is C23H17F4N5. The molecule has 0 saturated carbocycles. The predicted octanol–water partition coefficient (Wildman–Crippen LogP) is 6.03. The lowest BCUT2D eigenvalue weighted by atomic mass is 10.1. The average molecular weight is 439 g/mol. The van der Waals surface area contributed by atoms with Crippen LogP contribution in [0.15, 0.2) is 60.8 Å². The number of alkyl halides is 3. The second-order valence-corrected chi connectivity index (χ2v) is 7.57. The molecule has 2 aromatic heterocycles. The number of hydrogen-bond donors (Lipinski definition) is 2. The zero-order chi connectivity index (χ0) is 22.3. The van der Waals surface area contributed by atoms with Gasteiger partial charge >= 0.3 is 6.18 Å². The molecule has 162 valence electrons. The number of hydrogen-bond acceptors (Lipinski definition) is 5. The lowest BCUT2D eigenvalue weighted by molar-refractivity contribution is -0.141. The van der Waals surface area contributed by atoms with Crippen LogP contribution in [-0.2, 0) is 12.6 Å². The van der Waals surface area contributed by atoms with Crippen molar-refractivity contribution < 1.29 is 17.6 Å². The van der Waals surface area contributed by atoms with Gasteiger partial charge in [0, 0.05) is 17.3 Å². The number of halogens is 4. The van der Waals surface area contributed by atoms with Crippen LogP contribution in [0.3, 0.4) is 0 Å². The molecule has 9 heteroatoms. The summed E-state index contributed by atoms with van der Waals surface area (Å²) in [6, 6.07) is 14.7. The van der Waals surface area contributed by atoms with Crippen LogP contribution in [0.2, 0.25) is 0 Å². The monoisotopic (exact) mass is 439 g/mol. The van der Waals surface area contributed by atoms with Gasteiger partial charge in [-0.15, -0.1) is 0 Å². The summed E-state index contributed by atoms with van der Waals surface area (Å²) < 4.78 is 52.0. The Labute approximate surface area is 180 Å². The molecular weight excluding hydrogens is 422 g/mol. The van der Waals surface area contributed by atoms with E-state index < -0.39 is 11.9 Å². The van der Waals surface area contributed by atoms with Gasteiger partial charge in [0.25, 0.3) is 0 Å². The standard InChI is InChI=1S/C23H17F4N5/c24-15-3-5-17-13(11-15)1-6-19(17)31-21-8-2-14-12-16(4-7-18(14)30-21)29-22-28-10-9-20(32-22)23(25,26)27/h2-5,7-12,19H,1,6H2,(H,30,31)(H,28,29,32). The summed E-state index contributed by atoms with van der Waals surface area (Å²) in [5, 5.41) is 7.02. The van der Waals surface area contributed by atoms with E-state index in [0.29, 0.717) is 11.5 Å². The third-order valence-corrected chi connectivity index (χ3v) is 5.40. The lowest BCUT2D eigenvalue weighted by Gasteiger charge is -2.15. The Morgan fingerprint density at radius 3 is 2.66 bits per heavy atom. The van der Waals surface area contributed by atoms with E-state index in [1.165, 1.54) is 6.07 Å². The largest absolute Gasteiger partial charge is 0.433 e. The predicted molar refractivity (Wildman–Crippen MR) is 113 cm³/mol. The Bertz CT molecular complexity index is 1310. The first-order valence-electron chi connectivity index (χ1n) is 9.98. The van der Waals surface area contributed by atoms with Gasteiger partial charge in [-0.3, -0.25) is 0 Å². The highest BCUT2D eigenvalue weighted by Gasteiger charge is 2.32. The Hall–Kier alpha value is -3.75. The molecule has 1 unspecified atom stereocenters. The summed E-state index contributed by atoms with van der Waals surface area (Å²) in [7, 11) is 0. The molecule has 2 N–H and O–H groups in total. The van der Waals surface area contributed by atoms with Crippen molar-refractivity contribution in [2.24, 2.45) is 0 Å². The molecule has 1 atom stereocenters. The summed E-state index contributed by atoms with van der Waals surface area (Å²) in [6.45, 7) is 0. The van der Waals surface area contributed by atoms with E-state index in [9.17, 15) is 17.6 Å². The number of anilines is 3. The molecule has 4 aromatic rings. The van der Waals surface area contributed by atoms with Crippen LogP contribution in [-0.4, -0.2) is 15.0 Å². The van der Waals surface area contributed by atoms with Crippen molar-refractivity contribution in [3.05, 3.63) is 83.4 Å². The SMILES string of the molecule is Fc1ccc2c(c1)CCC2Nc1ccc2cc(Nc3nccc(C(F)(F)F)n3)ccc2n1. The summed E-state index contributed by atoms with van der Waals surface area (Å²) in [6.07, 6.45) is -1.80. The first kappa shape index (κ1) is 20.2. The Morgan fingerprint density at radius 1 is 0.938 bits per heavy atom. The summed E-state index contributed by atoms with van der Waals surface area (Å²) in [5.41, 5.74) is 2.35. The molecule has 1 aliphatic carbocycles. The smallest absolute Gasteiger partial charge is 0.363 e. The Kier molecular flexibility index (Phi) is 4.88. The number of rotatable bonds is 4. The van der Waals surface area contributed by atoms with Crippen LogP contribution in [0.5, 0.6) is 0 Å². The average Bonchev–Trinajstić information content (AvgIpc) is 3.15. The van der Waals surface area contributed by atoms with E-state index >= 15 is 0 Å². The maximum atomic E-state index is 13.4. The minimum atomic E-state index is -4.54. The fourth-order valence-corrected chi connectivity index (χ4v) is 3.90. The molecule has 2 aromatic carbocycles. The summed E-state index contributed by atoms with van der Waals surface area (Å²) >= 11 is 0. The van der Waals surface area contributed by atoms with Crippen molar-refractivity contribution >= 4 is 28.4 Å². The molecule has 0 spiro atoms. The molecule has 0 saturated heterocycles. The second kappa shape index (κ2) is 7.74. The highest BCUT2D eigenvalue weighted by molar-refractivity contribution is 5.84. The van der Waals surface area contributed by atoms with Gasteiger partial charge in [0.1, 0.15) is 17.3 Å². The Morgan fingerprint density at radius 2 is 1.81 bits per heavy atom. The number of pyridine rings is 1. The fraction of sp³-hybridized carbons (Fsp3) is 0.174. The number of aryl methyl sites for hydroxylation is 1. The van der Waals surface area contributed by atoms with Gasteiger partial charge in [-0.2, -0.15) is 13.2 Å². The van der Waals surface area contributed by atoms with E-state index in [1.54, 1.807) is 24.3 Å². The first-order valence-corrected chi connectivity index (χ1v) is 9.98. The summed E-state index contributed by atoms with van der Waals surface area (Å²) in [5.74, 6) is 0.330. The van der Waals surface area contributed by atoms with Gasteiger partial charge in [-0.05, 0) is 72.5 Å². The Balaban J connectivity index is 1.34. The fourth-order valence-electron chi connectivity index (χ4n) is 3.90. The lowest BCUT2D eigenvalue weighted by Crippen LogP contribution is -2.10. The maximum absolute atomic E-state index is 13.4. The molecule has 2 heterocycles. The molecule has 32 heavy (non-hydrogen) atoms. The third kappa shape index (κ3) is 4.05.